The van der Waals surface area contributed by atoms with Crippen molar-refractivity contribution in [3.8, 4) is 11.5 Å². The molecule has 104 valence electrons. The smallest absolute Gasteiger partial charge is 0.258 e. The summed E-state index contributed by atoms with van der Waals surface area (Å²) in [6.07, 6.45) is 0. The minimum atomic E-state index is -0.417. The Bertz CT molecular complexity index is 643. The van der Waals surface area contributed by atoms with Gasteiger partial charge in [-0.25, -0.2) is 4.39 Å². The first kappa shape index (κ1) is 13.9. The third kappa shape index (κ3) is 2.71. The van der Waals surface area contributed by atoms with E-state index in [1.54, 1.807) is 13.1 Å². The number of amides is 1. The lowest BCUT2D eigenvalue weighted by Crippen LogP contribution is -2.26. The van der Waals surface area contributed by atoms with Crippen molar-refractivity contribution in [1.82, 2.24) is 0 Å². The predicted molar refractivity (Wildman–Crippen MR) is 73.8 cm³/mol. The van der Waals surface area contributed by atoms with Gasteiger partial charge in [-0.3, -0.25) is 4.79 Å². The van der Waals surface area contributed by atoms with Crippen LogP contribution in [0.5, 0.6) is 11.5 Å². The van der Waals surface area contributed by atoms with Gasteiger partial charge >= 0.3 is 0 Å². The molecule has 0 saturated carbocycles. The largest absolute Gasteiger partial charge is 0.504 e. The fourth-order valence-corrected chi connectivity index (χ4v) is 1.82. The zero-order valence-electron chi connectivity index (χ0n) is 11.1. The molecule has 0 aliphatic carbocycles. The van der Waals surface area contributed by atoms with E-state index in [0.29, 0.717) is 5.69 Å². The second-order valence-electron chi connectivity index (χ2n) is 4.23. The maximum Gasteiger partial charge on any atom is 0.258 e. The van der Waals surface area contributed by atoms with Crippen LogP contribution in [0.3, 0.4) is 0 Å². The number of halogens is 1. The molecule has 0 radical (unpaired) electrons. The lowest BCUT2D eigenvalue weighted by molar-refractivity contribution is 0.0992. The summed E-state index contributed by atoms with van der Waals surface area (Å²) in [5.41, 5.74) is 0.723. The van der Waals surface area contributed by atoms with Crippen LogP contribution in [-0.2, 0) is 0 Å². The number of benzene rings is 2. The standard InChI is InChI=1S/C15H14FNO3/c1-17(12-5-3-4-11(16)9-12)15(19)10-6-7-14(20-2)13(18)8-10/h3-9,18H,1-2H3. The highest BCUT2D eigenvalue weighted by atomic mass is 19.1. The van der Waals surface area contributed by atoms with Gasteiger partial charge in [-0.15, -0.1) is 0 Å². The SMILES string of the molecule is COc1ccc(C(=O)N(C)c2cccc(F)c2)cc1O. The van der Waals surface area contributed by atoms with E-state index in [1.165, 1.54) is 48.4 Å². The second kappa shape index (κ2) is 5.61. The van der Waals surface area contributed by atoms with Crippen molar-refractivity contribution < 1.29 is 19.0 Å². The molecule has 1 N–H and O–H groups in total. The number of rotatable bonds is 3. The number of hydrogen-bond acceptors (Lipinski definition) is 3. The van der Waals surface area contributed by atoms with Crippen LogP contribution in [0.2, 0.25) is 0 Å². The lowest BCUT2D eigenvalue weighted by Gasteiger charge is -2.17. The maximum absolute atomic E-state index is 13.2. The lowest BCUT2D eigenvalue weighted by atomic mass is 10.1. The molecule has 0 heterocycles. The topological polar surface area (TPSA) is 49.8 Å². The summed E-state index contributed by atoms with van der Waals surface area (Å²) in [4.78, 5) is 13.6. The zero-order valence-corrected chi connectivity index (χ0v) is 11.1. The Balaban J connectivity index is 2.29. The second-order valence-corrected chi connectivity index (χ2v) is 4.23. The normalized spacial score (nSPS) is 10.2. The number of anilines is 1. The minimum absolute atomic E-state index is 0.119. The molecule has 0 unspecified atom stereocenters. The van der Waals surface area contributed by atoms with Gasteiger partial charge in [0.05, 0.1) is 7.11 Å². The molecular weight excluding hydrogens is 261 g/mol. The molecule has 2 aromatic rings. The Morgan fingerprint density at radius 3 is 2.60 bits per heavy atom. The van der Waals surface area contributed by atoms with Crippen molar-refractivity contribution >= 4 is 11.6 Å². The summed E-state index contributed by atoms with van der Waals surface area (Å²) in [6.45, 7) is 0. The van der Waals surface area contributed by atoms with Crippen molar-refractivity contribution in [2.24, 2.45) is 0 Å². The summed E-state index contributed by atoms with van der Waals surface area (Å²) in [6, 6.07) is 10.1. The molecule has 0 fully saturated rings. The van der Waals surface area contributed by atoms with Crippen LogP contribution in [0.4, 0.5) is 10.1 Å². The summed E-state index contributed by atoms with van der Waals surface area (Å²) in [5.74, 6) is -0.603. The molecule has 4 nitrogen and oxygen atoms in total. The van der Waals surface area contributed by atoms with Crippen molar-refractivity contribution in [3.63, 3.8) is 0 Å². The molecule has 1 amide bonds. The fourth-order valence-electron chi connectivity index (χ4n) is 1.82. The summed E-state index contributed by atoms with van der Waals surface area (Å²) < 4.78 is 18.1. The molecule has 2 rings (SSSR count). The van der Waals surface area contributed by atoms with Crippen LogP contribution in [-0.4, -0.2) is 25.2 Å². The van der Waals surface area contributed by atoms with E-state index in [-0.39, 0.29) is 23.0 Å². The Morgan fingerprint density at radius 2 is 2.00 bits per heavy atom. The average Bonchev–Trinajstić information content (AvgIpc) is 2.45. The first-order valence-corrected chi connectivity index (χ1v) is 5.93. The number of phenols is 1. The van der Waals surface area contributed by atoms with Crippen LogP contribution in [0, 0.1) is 5.82 Å². The van der Waals surface area contributed by atoms with Crippen molar-refractivity contribution in [2.45, 2.75) is 0 Å². The summed E-state index contributed by atoms with van der Waals surface area (Å²) >= 11 is 0. The van der Waals surface area contributed by atoms with Crippen molar-refractivity contribution in [3.05, 3.63) is 53.8 Å². The molecule has 0 atom stereocenters. The number of hydrogen-bond donors (Lipinski definition) is 1. The zero-order chi connectivity index (χ0) is 14.7. The van der Waals surface area contributed by atoms with E-state index in [9.17, 15) is 14.3 Å². The van der Waals surface area contributed by atoms with Crippen molar-refractivity contribution in [1.29, 1.82) is 0 Å². The van der Waals surface area contributed by atoms with Crippen LogP contribution < -0.4 is 9.64 Å². The van der Waals surface area contributed by atoms with Gasteiger partial charge in [0.2, 0.25) is 0 Å². The van der Waals surface area contributed by atoms with Gasteiger partial charge < -0.3 is 14.7 Å². The molecule has 0 saturated heterocycles. The number of carbonyl (C=O) groups excluding carboxylic acids is 1. The summed E-state index contributed by atoms with van der Waals surface area (Å²) in [7, 11) is 2.97. The van der Waals surface area contributed by atoms with Crippen molar-refractivity contribution in [2.75, 3.05) is 19.1 Å². The van der Waals surface area contributed by atoms with Gasteiger partial charge in [-0.1, -0.05) is 6.07 Å². The molecule has 20 heavy (non-hydrogen) atoms. The third-order valence-electron chi connectivity index (χ3n) is 2.93. The monoisotopic (exact) mass is 275 g/mol. The third-order valence-corrected chi connectivity index (χ3v) is 2.93. The molecule has 2 aromatic carbocycles. The van der Waals surface area contributed by atoms with Gasteiger partial charge in [0.25, 0.3) is 5.91 Å². The van der Waals surface area contributed by atoms with E-state index >= 15 is 0 Å². The van der Waals surface area contributed by atoms with E-state index in [1.807, 2.05) is 0 Å². The Kier molecular flexibility index (Phi) is 3.89. The Hall–Kier alpha value is -2.56. The van der Waals surface area contributed by atoms with Gasteiger partial charge in [0, 0.05) is 18.3 Å². The van der Waals surface area contributed by atoms with Gasteiger partial charge in [0.15, 0.2) is 11.5 Å². The molecule has 0 aromatic heterocycles. The average molecular weight is 275 g/mol. The van der Waals surface area contributed by atoms with Crippen LogP contribution in [0.1, 0.15) is 10.4 Å². The molecule has 0 spiro atoms. The number of phenolic OH excluding ortho intramolecular Hbond substituents is 1. The Morgan fingerprint density at radius 1 is 1.25 bits per heavy atom. The Labute approximate surface area is 116 Å². The predicted octanol–water partition coefficient (Wildman–Crippen LogP) is 2.82. The van der Waals surface area contributed by atoms with Crippen LogP contribution in [0.25, 0.3) is 0 Å². The van der Waals surface area contributed by atoms with Crippen LogP contribution in [0.15, 0.2) is 42.5 Å². The van der Waals surface area contributed by atoms with Gasteiger partial charge in [-0.2, -0.15) is 0 Å². The van der Waals surface area contributed by atoms with Gasteiger partial charge in [0.1, 0.15) is 5.82 Å². The molecular formula is C15H14FNO3. The molecule has 5 heteroatoms. The number of aromatic hydroxyl groups is 1. The highest BCUT2D eigenvalue weighted by molar-refractivity contribution is 6.06. The fraction of sp³-hybridized carbons (Fsp3) is 0.133. The number of ether oxygens (including phenoxy) is 1. The number of nitrogens with zero attached hydrogens (tertiary/aromatic N) is 1. The number of methoxy groups -OCH3 is 1. The highest BCUT2D eigenvalue weighted by Crippen LogP contribution is 2.27. The van der Waals surface area contributed by atoms with E-state index < -0.39 is 5.82 Å². The first-order valence-electron chi connectivity index (χ1n) is 5.93. The highest BCUT2D eigenvalue weighted by Gasteiger charge is 2.15. The first-order chi connectivity index (χ1) is 9.52. The van der Waals surface area contributed by atoms with E-state index in [2.05, 4.69) is 0 Å². The minimum Gasteiger partial charge on any atom is -0.504 e. The van der Waals surface area contributed by atoms with E-state index in [0.717, 1.165) is 0 Å². The van der Waals surface area contributed by atoms with Crippen LogP contribution >= 0.6 is 0 Å². The summed E-state index contributed by atoms with van der Waals surface area (Å²) in [5, 5.41) is 9.68. The quantitative estimate of drug-likeness (QED) is 0.937. The van der Waals surface area contributed by atoms with Gasteiger partial charge in [-0.05, 0) is 36.4 Å². The molecule has 0 bridgehead atoms. The molecule has 0 aliphatic heterocycles. The van der Waals surface area contributed by atoms with E-state index in [4.69, 9.17) is 4.74 Å². The molecule has 0 aliphatic rings. The number of carbonyl (C=O) groups is 1. The maximum atomic E-state index is 13.2.